The minimum Gasteiger partial charge on any atom is -0.204 e. The molecule has 0 aromatic heterocycles. The van der Waals surface area contributed by atoms with Gasteiger partial charge in [0.25, 0.3) is 0 Å². The van der Waals surface area contributed by atoms with E-state index in [0.29, 0.717) is 4.47 Å². The molecule has 0 aliphatic carbocycles. The second kappa shape index (κ2) is 3.25. The zero-order valence-electron chi connectivity index (χ0n) is 5.37. The molecule has 0 atom stereocenters. The summed E-state index contributed by atoms with van der Waals surface area (Å²) in [6.07, 6.45) is 5.03. The molecule has 0 saturated carbocycles. The fraction of sp³-hybridized carbons (Fsp3) is 0. The molecule has 1 rings (SSSR count). The lowest BCUT2D eigenvalue weighted by Gasteiger charge is -1.98. The van der Waals surface area contributed by atoms with E-state index in [4.69, 9.17) is 18.0 Å². The highest BCUT2D eigenvalue weighted by Gasteiger charge is 2.07. The maximum absolute atomic E-state index is 13.0. The predicted octanol–water partition coefficient (Wildman–Crippen LogP) is 3.22. The van der Waals surface area contributed by atoms with E-state index in [1.807, 2.05) is 0 Å². The summed E-state index contributed by atoms with van der Waals surface area (Å²) in [7, 11) is 0. The Bertz CT molecular complexity index is 328. The topological polar surface area (TPSA) is 0 Å². The van der Waals surface area contributed by atoms with Crippen LogP contribution in [0, 0.1) is 18.2 Å². The molecule has 0 fully saturated rings. The molecule has 1 aromatic rings. The summed E-state index contributed by atoms with van der Waals surface area (Å²) in [5.41, 5.74) is 0.0982. The lowest BCUT2D eigenvalue weighted by Crippen LogP contribution is -1.85. The third-order valence-corrected chi connectivity index (χ3v) is 2.12. The first kappa shape index (κ1) is 8.58. The molecule has 0 heterocycles. The van der Waals surface area contributed by atoms with Gasteiger partial charge < -0.3 is 0 Å². The summed E-state index contributed by atoms with van der Waals surface area (Å²) in [4.78, 5) is 0. The van der Waals surface area contributed by atoms with Gasteiger partial charge >= 0.3 is 0 Å². The summed E-state index contributed by atoms with van der Waals surface area (Å²) in [6.45, 7) is 0. The summed E-state index contributed by atoms with van der Waals surface area (Å²) in [5, 5.41) is 0.258. The minimum absolute atomic E-state index is 0.0982. The summed E-state index contributed by atoms with van der Waals surface area (Å²) in [5.74, 6) is 1.68. The lowest BCUT2D eigenvalue weighted by molar-refractivity contribution is 0.618. The molecule has 0 saturated heterocycles. The van der Waals surface area contributed by atoms with Gasteiger partial charge in [-0.15, -0.1) is 6.42 Å². The van der Waals surface area contributed by atoms with E-state index in [0.717, 1.165) is 0 Å². The Morgan fingerprint density at radius 1 is 1.55 bits per heavy atom. The molecule has 0 aliphatic heterocycles. The molecule has 56 valence electrons. The molecule has 0 spiro atoms. The molecule has 11 heavy (non-hydrogen) atoms. The molecule has 3 heteroatoms. The van der Waals surface area contributed by atoms with Crippen molar-refractivity contribution in [2.75, 3.05) is 0 Å². The Labute approximate surface area is 77.5 Å². The first-order valence-electron chi connectivity index (χ1n) is 2.77. The average molecular weight is 233 g/mol. The van der Waals surface area contributed by atoms with Gasteiger partial charge in [0.2, 0.25) is 0 Å². The number of halogens is 3. The van der Waals surface area contributed by atoms with Gasteiger partial charge in [-0.1, -0.05) is 17.5 Å². The van der Waals surface area contributed by atoms with Crippen molar-refractivity contribution in [1.82, 2.24) is 0 Å². The van der Waals surface area contributed by atoms with Crippen LogP contribution in [0.25, 0.3) is 0 Å². The zero-order chi connectivity index (χ0) is 8.43. The molecular weight excluding hydrogens is 230 g/mol. The normalized spacial score (nSPS) is 9.27. The monoisotopic (exact) mass is 232 g/mol. The first-order valence-corrected chi connectivity index (χ1v) is 3.94. The van der Waals surface area contributed by atoms with E-state index < -0.39 is 5.82 Å². The van der Waals surface area contributed by atoms with Crippen molar-refractivity contribution in [2.45, 2.75) is 0 Å². The maximum Gasteiger partial charge on any atom is 0.154 e. The average Bonchev–Trinajstić information content (AvgIpc) is 1.99. The molecule has 0 unspecified atom stereocenters. The van der Waals surface area contributed by atoms with Crippen molar-refractivity contribution < 1.29 is 4.39 Å². The van der Waals surface area contributed by atoms with Crippen LogP contribution in [0.15, 0.2) is 16.6 Å². The molecule has 0 radical (unpaired) electrons. The number of rotatable bonds is 0. The van der Waals surface area contributed by atoms with Crippen molar-refractivity contribution in [3.8, 4) is 12.3 Å². The van der Waals surface area contributed by atoms with Gasteiger partial charge in [-0.05, 0) is 28.1 Å². The van der Waals surface area contributed by atoms with Crippen LogP contribution in [0.3, 0.4) is 0 Å². The van der Waals surface area contributed by atoms with Crippen LogP contribution in [0.1, 0.15) is 5.56 Å². The van der Waals surface area contributed by atoms with Crippen LogP contribution in [0.5, 0.6) is 0 Å². The number of terminal acetylenes is 1. The molecule has 0 nitrogen and oxygen atoms in total. The fourth-order valence-electron chi connectivity index (χ4n) is 0.659. The molecule has 0 N–H and O–H groups in total. The van der Waals surface area contributed by atoms with E-state index in [1.54, 1.807) is 6.07 Å². The quantitative estimate of drug-likeness (QED) is 0.477. The molecule has 0 amide bonds. The van der Waals surface area contributed by atoms with E-state index in [2.05, 4.69) is 21.9 Å². The number of benzene rings is 1. The molecule has 0 bridgehead atoms. The highest BCUT2D eigenvalue weighted by molar-refractivity contribution is 9.10. The number of hydrogen-bond acceptors (Lipinski definition) is 0. The zero-order valence-corrected chi connectivity index (χ0v) is 7.71. The fourth-order valence-corrected chi connectivity index (χ4v) is 1.19. The lowest BCUT2D eigenvalue weighted by atomic mass is 10.2. The Hall–Kier alpha value is -0.520. The van der Waals surface area contributed by atoms with Crippen molar-refractivity contribution in [1.29, 1.82) is 0 Å². The Kier molecular flexibility index (Phi) is 2.53. The molecular formula is C8H3BrClF. The van der Waals surface area contributed by atoms with Gasteiger partial charge in [0.05, 0.1) is 15.1 Å². The summed E-state index contributed by atoms with van der Waals surface area (Å²) >= 11 is 8.59. The second-order valence-corrected chi connectivity index (χ2v) is 3.12. The van der Waals surface area contributed by atoms with Crippen molar-refractivity contribution in [3.63, 3.8) is 0 Å². The number of hydrogen-bond donors (Lipinski definition) is 0. The third kappa shape index (κ3) is 1.55. The SMILES string of the molecule is C#Cc1c(Cl)ccc(Br)c1F. The third-order valence-electron chi connectivity index (χ3n) is 1.19. The van der Waals surface area contributed by atoms with Crippen LogP contribution < -0.4 is 0 Å². The van der Waals surface area contributed by atoms with Crippen LogP contribution in [0.4, 0.5) is 4.39 Å². The molecule has 0 aliphatic rings. The van der Waals surface area contributed by atoms with Gasteiger partial charge in [0.1, 0.15) is 0 Å². The standard InChI is InChI=1S/C8H3BrClF/c1-2-5-7(10)4-3-6(9)8(5)11/h1,3-4H. The maximum atomic E-state index is 13.0. The smallest absolute Gasteiger partial charge is 0.154 e. The van der Waals surface area contributed by atoms with E-state index >= 15 is 0 Å². The van der Waals surface area contributed by atoms with Gasteiger partial charge in [0, 0.05) is 0 Å². The van der Waals surface area contributed by atoms with E-state index in [-0.39, 0.29) is 10.6 Å². The molecule has 1 aromatic carbocycles. The van der Waals surface area contributed by atoms with Crippen LogP contribution >= 0.6 is 27.5 Å². The van der Waals surface area contributed by atoms with Gasteiger partial charge in [-0.3, -0.25) is 0 Å². The highest BCUT2D eigenvalue weighted by Crippen LogP contribution is 2.24. The first-order chi connectivity index (χ1) is 5.16. The van der Waals surface area contributed by atoms with Gasteiger partial charge in [-0.25, -0.2) is 4.39 Å². The van der Waals surface area contributed by atoms with Crippen LogP contribution in [-0.4, -0.2) is 0 Å². The largest absolute Gasteiger partial charge is 0.204 e. The van der Waals surface area contributed by atoms with E-state index in [9.17, 15) is 4.39 Å². The predicted molar refractivity (Wildman–Crippen MR) is 47.0 cm³/mol. The summed E-state index contributed by atoms with van der Waals surface area (Å²) < 4.78 is 13.3. The second-order valence-electron chi connectivity index (χ2n) is 1.86. The Morgan fingerprint density at radius 2 is 2.18 bits per heavy atom. The highest BCUT2D eigenvalue weighted by atomic mass is 79.9. The van der Waals surface area contributed by atoms with Crippen molar-refractivity contribution in [3.05, 3.63) is 33.0 Å². The Balaban J connectivity index is 3.44. The van der Waals surface area contributed by atoms with Crippen LogP contribution in [-0.2, 0) is 0 Å². The van der Waals surface area contributed by atoms with Gasteiger partial charge in [0.15, 0.2) is 5.82 Å². The van der Waals surface area contributed by atoms with Crippen LogP contribution in [0.2, 0.25) is 5.02 Å². The van der Waals surface area contributed by atoms with Gasteiger partial charge in [-0.2, -0.15) is 0 Å². The van der Waals surface area contributed by atoms with Crippen molar-refractivity contribution in [2.24, 2.45) is 0 Å². The Morgan fingerprint density at radius 3 is 2.64 bits per heavy atom. The summed E-state index contributed by atoms with van der Waals surface area (Å²) in [6, 6.07) is 3.06. The minimum atomic E-state index is -0.486. The van der Waals surface area contributed by atoms with E-state index in [1.165, 1.54) is 6.07 Å². The van der Waals surface area contributed by atoms with Crippen molar-refractivity contribution >= 4 is 27.5 Å².